The zero-order chi connectivity index (χ0) is 15.9. The van der Waals surface area contributed by atoms with Crippen LogP contribution in [0.15, 0.2) is 27.4 Å². The van der Waals surface area contributed by atoms with E-state index >= 15 is 0 Å². The van der Waals surface area contributed by atoms with Gasteiger partial charge in [0.05, 0.1) is 12.2 Å². The fourth-order valence-electron chi connectivity index (χ4n) is 3.55. The van der Waals surface area contributed by atoms with Crippen LogP contribution in [0.2, 0.25) is 0 Å². The summed E-state index contributed by atoms with van der Waals surface area (Å²) in [5, 5.41) is 1.07. The first-order valence-electron chi connectivity index (χ1n) is 7.84. The van der Waals surface area contributed by atoms with Crippen molar-refractivity contribution in [2.24, 2.45) is 0 Å². The molecule has 0 bridgehead atoms. The van der Waals surface area contributed by atoms with Gasteiger partial charge in [0.2, 0.25) is 0 Å². The van der Waals surface area contributed by atoms with E-state index in [2.05, 4.69) is 31.7 Å². The molecule has 118 valence electrons. The number of rotatable bonds is 2. The van der Waals surface area contributed by atoms with E-state index in [1.54, 1.807) is 6.07 Å². The van der Waals surface area contributed by atoms with Gasteiger partial charge in [0.15, 0.2) is 0 Å². The summed E-state index contributed by atoms with van der Waals surface area (Å²) < 4.78 is 11.2. The maximum absolute atomic E-state index is 11.9. The van der Waals surface area contributed by atoms with E-state index in [0.717, 1.165) is 41.7 Å². The van der Waals surface area contributed by atoms with Gasteiger partial charge in [0.25, 0.3) is 0 Å². The number of hydrogen-bond donors (Lipinski definition) is 0. The molecular weight excluding hydrogens is 278 g/mol. The van der Waals surface area contributed by atoms with Gasteiger partial charge >= 0.3 is 5.63 Å². The van der Waals surface area contributed by atoms with Gasteiger partial charge in [-0.3, -0.25) is 4.90 Å². The van der Waals surface area contributed by atoms with Gasteiger partial charge in [0.1, 0.15) is 5.58 Å². The molecule has 4 heteroatoms. The van der Waals surface area contributed by atoms with Gasteiger partial charge in [0, 0.05) is 31.1 Å². The van der Waals surface area contributed by atoms with E-state index in [1.165, 1.54) is 0 Å². The lowest BCUT2D eigenvalue weighted by atomic mass is 10.0. The number of hydrogen-bond acceptors (Lipinski definition) is 4. The maximum Gasteiger partial charge on any atom is 0.336 e. The average Bonchev–Trinajstić information content (AvgIpc) is 2.35. The Morgan fingerprint density at radius 1 is 1.14 bits per heavy atom. The van der Waals surface area contributed by atoms with E-state index in [0.29, 0.717) is 5.58 Å². The third-order valence-corrected chi connectivity index (χ3v) is 4.16. The highest BCUT2D eigenvalue weighted by molar-refractivity contribution is 5.84. The van der Waals surface area contributed by atoms with Crippen LogP contribution < -0.4 is 5.63 Å². The minimum Gasteiger partial charge on any atom is -0.423 e. The topological polar surface area (TPSA) is 42.7 Å². The summed E-state index contributed by atoms with van der Waals surface area (Å²) in [4.78, 5) is 14.2. The largest absolute Gasteiger partial charge is 0.423 e. The van der Waals surface area contributed by atoms with Gasteiger partial charge in [-0.25, -0.2) is 4.79 Å². The molecule has 0 N–H and O–H groups in total. The second kappa shape index (κ2) is 5.86. The normalized spacial score (nSPS) is 23.1. The van der Waals surface area contributed by atoms with Crippen LogP contribution >= 0.6 is 0 Å². The molecule has 0 aliphatic carbocycles. The predicted octanol–water partition coefficient (Wildman–Crippen LogP) is 3.02. The second-order valence-corrected chi connectivity index (χ2v) is 6.50. The summed E-state index contributed by atoms with van der Waals surface area (Å²) in [6.07, 6.45) is 0.442. The van der Waals surface area contributed by atoms with E-state index in [1.807, 2.05) is 13.0 Å². The Hall–Kier alpha value is -1.65. The Balaban J connectivity index is 2.01. The van der Waals surface area contributed by atoms with Crippen LogP contribution in [0.3, 0.4) is 0 Å². The lowest BCUT2D eigenvalue weighted by molar-refractivity contribution is -0.0704. The highest BCUT2D eigenvalue weighted by atomic mass is 16.5. The Labute approximate surface area is 130 Å². The smallest absolute Gasteiger partial charge is 0.336 e. The summed E-state index contributed by atoms with van der Waals surface area (Å²) in [5.41, 5.74) is 3.73. The number of benzene rings is 1. The minimum atomic E-state index is -0.276. The third-order valence-electron chi connectivity index (χ3n) is 4.16. The average molecular weight is 301 g/mol. The fourth-order valence-corrected chi connectivity index (χ4v) is 3.55. The molecule has 22 heavy (non-hydrogen) atoms. The van der Waals surface area contributed by atoms with Crippen molar-refractivity contribution >= 4 is 11.0 Å². The fraction of sp³-hybridized carbons (Fsp3) is 0.500. The van der Waals surface area contributed by atoms with Crippen LogP contribution in [0.25, 0.3) is 11.0 Å². The van der Waals surface area contributed by atoms with Gasteiger partial charge in [-0.2, -0.15) is 0 Å². The first kappa shape index (κ1) is 15.3. The minimum absolute atomic E-state index is 0.221. The van der Waals surface area contributed by atoms with Crippen molar-refractivity contribution < 1.29 is 9.15 Å². The Bertz CT molecular complexity index is 740. The Morgan fingerprint density at radius 2 is 1.82 bits per heavy atom. The molecule has 2 heterocycles. The molecular formula is C18H23NO3. The summed E-state index contributed by atoms with van der Waals surface area (Å²) >= 11 is 0. The third kappa shape index (κ3) is 3.08. The monoisotopic (exact) mass is 301 g/mol. The summed E-state index contributed by atoms with van der Waals surface area (Å²) in [7, 11) is 0. The zero-order valence-electron chi connectivity index (χ0n) is 13.7. The lowest BCUT2D eigenvalue weighted by Crippen LogP contribution is -2.44. The number of morpholine rings is 1. The molecule has 2 aromatic rings. The van der Waals surface area contributed by atoms with Crippen molar-refractivity contribution in [2.75, 3.05) is 13.1 Å². The molecule has 1 aromatic carbocycles. The molecule has 1 saturated heterocycles. The number of aryl methyl sites for hydroxylation is 2. The number of nitrogens with zero attached hydrogens (tertiary/aromatic N) is 1. The Kier molecular flexibility index (Phi) is 4.06. The molecule has 4 nitrogen and oxygen atoms in total. The molecule has 1 fully saturated rings. The molecule has 3 rings (SSSR count). The molecule has 1 aliphatic rings. The van der Waals surface area contributed by atoms with Crippen molar-refractivity contribution in [3.8, 4) is 0 Å². The SMILES string of the molecule is Cc1cc(C)c2c(CN3C[C@@H](C)O[C@@H](C)C3)cc(=O)oc2c1. The summed E-state index contributed by atoms with van der Waals surface area (Å²) in [6, 6.07) is 5.71. The van der Waals surface area contributed by atoms with Gasteiger partial charge in [-0.05, 0) is 50.5 Å². The van der Waals surface area contributed by atoms with Crippen molar-refractivity contribution in [1.29, 1.82) is 0 Å². The van der Waals surface area contributed by atoms with Crippen molar-refractivity contribution in [3.05, 3.63) is 45.3 Å². The van der Waals surface area contributed by atoms with Crippen LogP contribution in [0.5, 0.6) is 0 Å². The molecule has 0 amide bonds. The highest BCUT2D eigenvalue weighted by Gasteiger charge is 2.23. The maximum atomic E-state index is 11.9. The zero-order valence-corrected chi connectivity index (χ0v) is 13.7. The molecule has 0 radical (unpaired) electrons. The van der Waals surface area contributed by atoms with E-state index < -0.39 is 0 Å². The highest BCUT2D eigenvalue weighted by Crippen LogP contribution is 2.25. The van der Waals surface area contributed by atoms with Crippen LogP contribution in [0.1, 0.15) is 30.5 Å². The van der Waals surface area contributed by atoms with Gasteiger partial charge in [-0.15, -0.1) is 0 Å². The quantitative estimate of drug-likeness (QED) is 0.800. The van der Waals surface area contributed by atoms with Crippen molar-refractivity contribution in [3.63, 3.8) is 0 Å². The van der Waals surface area contributed by atoms with Crippen molar-refractivity contribution in [1.82, 2.24) is 4.90 Å². The van der Waals surface area contributed by atoms with Gasteiger partial charge in [-0.1, -0.05) is 6.07 Å². The molecule has 1 aliphatic heterocycles. The molecule has 0 saturated carbocycles. The molecule has 0 spiro atoms. The Morgan fingerprint density at radius 3 is 2.50 bits per heavy atom. The van der Waals surface area contributed by atoms with E-state index in [9.17, 15) is 4.79 Å². The second-order valence-electron chi connectivity index (χ2n) is 6.50. The van der Waals surface area contributed by atoms with Crippen LogP contribution in [0.4, 0.5) is 0 Å². The standard InChI is InChI=1S/C18H23NO3/c1-11-5-12(2)18-15(7-17(20)22-16(18)6-11)10-19-8-13(3)21-14(4)9-19/h5-7,13-14H,8-10H2,1-4H3/t13-,14+. The summed E-state index contributed by atoms with van der Waals surface area (Å²) in [5.74, 6) is 0. The summed E-state index contributed by atoms with van der Waals surface area (Å²) in [6.45, 7) is 10.8. The first-order valence-corrected chi connectivity index (χ1v) is 7.84. The lowest BCUT2D eigenvalue weighted by Gasteiger charge is -2.35. The van der Waals surface area contributed by atoms with Crippen LogP contribution in [-0.4, -0.2) is 30.2 Å². The number of fused-ring (bicyclic) bond motifs is 1. The molecule has 2 atom stereocenters. The first-order chi connectivity index (χ1) is 10.4. The van der Waals surface area contributed by atoms with Crippen molar-refractivity contribution in [2.45, 2.75) is 46.4 Å². The van der Waals surface area contributed by atoms with Crippen LogP contribution in [0, 0.1) is 13.8 Å². The van der Waals surface area contributed by atoms with Gasteiger partial charge < -0.3 is 9.15 Å². The molecule has 0 unspecified atom stereocenters. The number of ether oxygens (including phenoxy) is 1. The van der Waals surface area contributed by atoms with E-state index in [-0.39, 0.29) is 17.8 Å². The van der Waals surface area contributed by atoms with Crippen LogP contribution in [-0.2, 0) is 11.3 Å². The molecule has 1 aromatic heterocycles. The predicted molar refractivity (Wildman–Crippen MR) is 87.2 cm³/mol. The van der Waals surface area contributed by atoms with E-state index in [4.69, 9.17) is 9.15 Å².